The van der Waals surface area contributed by atoms with Gasteiger partial charge in [-0.25, -0.2) is 0 Å². The molecule has 1 aromatic rings. The summed E-state index contributed by atoms with van der Waals surface area (Å²) in [5, 5.41) is 12.4. The molecule has 1 unspecified atom stereocenters. The first-order chi connectivity index (χ1) is 8.74. The lowest BCUT2D eigenvalue weighted by Gasteiger charge is -2.22. The zero-order chi connectivity index (χ0) is 13.0. The Morgan fingerprint density at radius 1 is 1.50 bits per heavy atom. The molecule has 0 bridgehead atoms. The van der Waals surface area contributed by atoms with Crippen LogP contribution in [0, 0.1) is 17.2 Å². The van der Waals surface area contributed by atoms with E-state index in [-0.39, 0.29) is 5.92 Å². The van der Waals surface area contributed by atoms with Crippen LogP contribution in [0.5, 0.6) is 0 Å². The lowest BCUT2D eigenvalue weighted by atomic mass is 10.1. The van der Waals surface area contributed by atoms with E-state index in [9.17, 15) is 0 Å². The Morgan fingerprint density at radius 2 is 2.33 bits per heavy atom. The van der Waals surface area contributed by atoms with Crippen molar-refractivity contribution in [3.8, 4) is 6.07 Å². The Hall–Kier alpha value is -1.53. The van der Waals surface area contributed by atoms with E-state index in [1.807, 2.05) is 6.92 Å². The number of nitriles is 1. The van der Waals surface area contributed by atoms with Gasteiger partial charge in [0.1, 0.15) is 0 Å². The number of hydrogen-bond acceptors (Lipinski definition) is 3. The highest BCUT2D eigenvalue weighted by molar-refractivity contribution is 5.61. The molecule has 96 valence electrons. The van der Waals surface area contributed by atoms with Crippen LogP contribution < -0.4 is 5.32 Å². The molecule has 1 aliphatic heterocycles. The first kappa shape index (κ1) is 12.9. The number of hydrogen-bond donors (Lipinski definition) is 1. The lowest BCUT2D eigenvalue weighted by molar-refractivity contribution is 0.261. The van der Waals surface area contributed by atoms with Crippen LogP contribution in [0.2, 0.25) is 0 Å². The van der Waals surface area contributed by atoms with Crippen LogP contribution in [-0.2, 0) is 13.0 Å². The van der Waals surface area contributed by atoms with Crippen LogP contribution in [0.15, 0.2) is 18.2 Å². The van der Waals surface area contributed by atoms with Crippen molar-refractivity contribution < 1.29 is 0 Å². The van der Waals surface area contributed by atoms with Gasteiger partial charge in [0.2, 0.25) is 0 Å². The minimum Gasteiger partial charge on any atom is -0.384 e. The predicted molar refractivity (Wildman–Crippen MR) is 74.4 cm³/mol. The topological polar surface area (TPSA) is 39.1 Å². The van der Waals surface area contributed by atoms with Gasteiger partial charge in [0.25, 0.3) is 0 Å². The molecule has 2 rings (SSSR count). The van der Waals surface area contributed by atoms with Gasteiger partial charge in [-0.3, -0.25) is 4.90 Å². The third-order valence-electron chi connectivity index (χ3n) is 3.53. The third-order valence-corrected chi connectivity index (χ3v) is 3.53. The molecular formula is C15H21N3. The van der Waals surface area contributed by atoms with Crippen LogP contribution >= 0.6 is 0 Å². The highest BCUT2D eigenvalue weighted by Crippen LogP contribution is 2.27. The van der Waals surface area contributed by atoms with Crippen molar-refractivity contribution in [1.82, 2.24) is 4.90 Å². The Bertz CT molecular complexity index is 448. The molecule has 0 fully saturated rings. The fraction of sp³-hybridized carbons (Fsp3) is 0.533. The zero-order valence-corrected chi connectivity index (χ0v) is 11.2. The fourth-order valence-electron chi connectivity index (χ4n) is 2.52. The van der Waals surface area contributed by atoms with Crippen molar-refractivity contribution in [3.63, 3.8) is 0 Å². The molecule has 1 atom stereocenters. The summed E-state index contributed by atoms with van der Waals surface area (Å²) in [5.74, 6) is 0.0923. The fourth-order valence-corrected chi connectivity index (χ4v) is 2.52. The number of rotatable bonds is 5. The Kier molecular flexibility index (Phi) is 4.22. The van der Waals surface area contributed by atoms with Gasteiger partial charge in [0.15, 0.2) is 0 Å². The van der Waals surface area contributed by atoms with E-state index in [0.29, 0.717) is 0 Å². The summed E-state index contributed by atoms with van der Waals surface area (Å²) < 4.78 is 0. The molecule has 1 heterocycles. The number of fused-ring (bicyclic) bond motifs is 1. The molecule has 0 radical (unpaired) electrons. The van der Waals surface area contributed by atoms with Gasteiger partial charge in [-0.15, -0.1) is 0 Å². The number of nitrogens with one attached hydrogen (secondary N) is 1. The maximum Gasteiger partial charge on any atom is 0.0666 e. The van der Waals surface area contributed by atoms with Crippen molar-refractivity contribution in [3.05, 3.63) is 29.3 Å². The van der Waals surface area contributed by atoms with E-state index >= 15 is 0 Å². The van der Waals surface area contributed by atoms with Crippen molar-refractivity contribution in [2.75, 3.05) is 25.0 Å². The van der Waals surface area contributed by atoms with Gasteiger partial charge in [0.05, 0.1) is 12.0 Å². The Morgan fingerprint density at radius 3 is 3.06 bits per heavy atom. The van der Waals surface area contributed by atoms with Gasteiger partial charge in [0, 0.05) is 25.3 Å². The number of anilines is 1. The molecule has 3 nitrogen and oxygen atoms in total. The van der Waals surface area contributed by atoms with Crippen LogP contribution in [0.4, 0.5) is 5.69 Å². The van der Waals surface area contributed by atoms with Gasteiger partial charge >= 0.3 is 0 Å². The van der Waals surface area contributed by atoms with E-state index in [1.165, 1.54) is 16.8 Å². The summed E-state index contributed by atoms with van der Waals surface area (Å²) in [7, 11) is 0. The van der Waals surface area contributed by atoms with Gasteiger partial charge < -0.3 is 5.32 Å². The molecule has 18 heavy (non-hydrogen) atoms. The summed E-state index contributed by atoms with van der Waals surface area (Å²) >= 11 is 0. The smallest absolute Gasteiger partial charge is 0.0666 e. The molecule has 0 saturated carbocycles. The Labute approximate surface area is 109 Å². The summed E-state index contributed by atoms with van der Waals surface area (Å²) in [6.45, 7) is 7.94. The monoisotopic (exact) mass is 243 g/mol. The van der Waals surface area contributed by atoms with Crippen molar-refractivity contribution >= 4 is 5.69 Å². The average Bonchev–Trinajstić information content (AvgIpc) is 2.87. The first-order valence-electron chi connectivity index (χ1n) is 6.71. The standard InChI is InChI=1S/C15H21N3/c1-3-18(10-12(2)9-16)11-14-6-4-5-13-7-8-17-15(13)14/h4-6,12,17H,3,7-8,10-11H2,1-2H3. The van der Waals surface area contributed by atoms with Crippen LogP contribution in [0.1, 0.15) is 25.0 Å². The van der Waals surface area contributed by atoms with Crippen LogP contribution in [0.25, 0.3) is 0 Å². The predicted octanol–water partition coefficient (Wildman–Crippen LogP) is 2.64. The largest absolute Gasteiger partial charge is 0.384 e. The molecule has 0 amide bonds. The minimum atomic E-state index is 0.0923. The maximum absolute atomic E-state index is 8.91. The molecule has 0 aliphatic carbocycles. The summed E-state index contributed by atoms with van der Waals surface area (Å²) in [5.41, 5.74) is 4.11. The molecule has 1 aromatic carbocycles. The second-order valence-electron chi connectivity index (χ2n) is 4.99. The van der Waals surface area contributed by atoms with Crippen LogP contribution in [-0.4, -0.2) is 24.5 Å². The summed E-state index contributed by atoms with van der Waals surface area (Å²) in [4.78, 5) is 2.34. The number of benzene rings is 1. The highest BCUT2D eigenvalue weighted by atomic mass is 15.1. The zero-order valence-electron chi connectivity index (χ0n) is 11.2. The number of nitrogens with zero attached hydrogens (tertiary/aromatic N) is 2. The SMILES string of the molecule is CCN(Cc1cccc2c1NCC2)CC(C)C#N. The second kappa shape index (κ2) is 5.88. The molecule has 3 heteroatoms. The normalized spacial score (nSPS) is 15.0. The third kappa shape index (κ3) is 2.83. The van der Waals surface area contributed by atoms with Gasteiger partial charge in [-0.2, -0.15) is 5.26 Å². The minimum absolute atomic E-state index is 0.0923. The molecule has 0 saturated heterocycles. The summed E-state index contributed by atoms with van der Waals surface area (Å²) in [6.07, 6.45) is 1.13. The molecule has 0 spiro atoms. The average molecular weight is 243 g/mol. The molecule has 1 aliphatic rings. The Balaban J connectivity index is 2.08. The van der Waals surface area contributed by atoms with Crippen LogP contribution in [0.3, 0.4) is 0 Å². The first-order valence-corrected chi connectivity index (χ1v) is 6.71. The van der Waals surface area contributed by atoms with E-state index in [0.717, 1.165) is 32.6 Å². The quantitative estimate of drug-likeness (QED) is 0.864. The van der Waals surface area contributed by atoms with Gasteiger partial charge in [-0.1, -0.05) is 25.1 Å². The summed E-state index contributed by atoms with van der Waals surface area (Å²) in [6, 6.07) is 8.84. The van der Waals surface area contributed by atoms with Crippen molar-refractivity contribution in [2.24, 2.45) is 5.92 Å². The van der Waals surface area contributed by atoms with Crippen molar-refractivity contribution in [1.29, 1.82) is 5.26 Å². The van der Waals surface area contributed by atoms with Gasteiger partial charge in [-0.05, 0) is 31.0 Å². The number of para-hydroxylation sites is 1. The molecular weight excluding hydrogens is 222 g/mol. The van der Waals surface area contributed by atoms with E-state index in [4.69, 9.17) is 5.26 Å². The maximum atomic E-state index is 8.91. The lowest BCUT2D eigenvalue weighted by Crippen LogP contribution is -2.27. The van der Waals surface area contributed by atoms with E-state index < -0.39 is 0 Å². The van der Waals surface area contributed by atoms with E-state index in [1.54, 1.807) is 0 Å². The van der Waals surface area contributed by atoms with E-state index in [2.05, 4.69) is 41.4 Å². The molecule has 0 aromatic heterocycles. The second-order valence-corrected chi connectivity index (χ2v) is 4.99. The molecule has 1 N–H and O–H groups in total. The highest BCUT2D eigenvalue weighted by Gasteiger charge is 2.16. The van der Waals surface area contributed by atoms with Crippen molar-refractivity contribution in [2.45, 2.75) is 26.8 Å².